The minimum Gasteiger partial charge on any atom is -0.490 e. The SMILES string of the molecule is CCOc1cc(C=Nc2ccc(CC)cc2)cc(Br)c1OCc1ccccc1. The van der Waals surface area contributed by atoms with Crippen LogP contribution < -0.4 is 9.47 Å². The van der Waals surface area contributed by atoms with E-state index in [4.69, 9.17) is 9.47 Å². The molecule has 3 aromatic rings. The number of aryl methyl sites for hydroxylation is 1. The Morgan fingerprint density at radius 2 is 1.64 bits per heavy atom. The monoisotopic (exact) mass is 437 g/mol. The van der Waals surface area contributed by atoms with E-state index < -0.39 is 0 Å². The predicted octanol–water partition coefficient (Wildman–Crippen LogP) is 6.74. The van der Waals surface area contributed by atoms with Gasteiger partial charge in [0.1, 0.15) is 6.61 Å². The maximum atomic E-state index is 6.03. The summed E-state index contributed by atoms with van der Waals surface area (Å²) in [6.07, 6.45) is 2.87. The van der Waals surface area contributed by atoms with E-state index in [0.29, 0.717) is 24.7 Å². The number of halogens is 1. The van der Waals surface area contributed by atoms with Crippen LogP contribution in [0.1, 0.15) is 30.5 Å². The smallest absolute Gasteiger partial charge is 0.175 e. The fourth-order valence-corrected chi connectivity index (χ4v) is 3.34. The van der Waals surface area contributed by atoms with Crippen LogP contribution in [0.4, 0.5) is 5.69 Å². The number of rotatable bonds is 8. The van der Waals surface area contributed by atoms with E-state index in [-0.39, 0.29) is 0 Å². The molecule has 0 fully saturated rings. The van der Waals surface area contributed by atoms with Gasteiger partial charge in [-0.3, -0.25) is 4.99 Å². The average Bonchev–Trinajstić information content (AvgIpc) is 2.73. The van der Waals surface area contributed by atoms with Crippen LogP contribution in [0, 0.1) is 0 Å². The van der Waals surface area contributed by atoms with Crippen LogP contribution in [0.2, 0.25) is 0 Å². The Labute approximate surface area is 175 Å². The lowest BCUT2D eigenvalue weighted by Crippen LogP contribution is -2.01. The number of benzene rings is 3. The zero-order chi connectivity index (χ0) is 19.8. The molecule has 0 heterocycles. The predicted molar refractivity (Wildman–Crippen MR) is 119 cm³/mol. The van der Waals surface area contributed by atoms with E-state index in [0.717, 1.165) is 27.7 Å². The normalized spacial score (nSPS) is 11.0. The fourth-order valence-electron chi connectivity index (χ4n) is 2.76. The van der Waals surface area contributed by atoms with Crippen LogP contribution in [0.15, 0.2) is 76.2 Å². The van der Waals surface area contributed by atoms with Crippen molar-refractivity contribution < 1.29 is 9.47 Å². The molecule has 0 bridgehead atoms. The number of ether oxygens (including phenoxy) is 2. The summed E-state index contributed by atoms with van der Waals surface area (Å²) < 4.78 is 12.7. The molecule has 0 aliphatic carbocycles. The maximum Gasteiger partial charge on any atom is 0.175 e. The Kier molecular flexibility index (Phi) is 7.26. The summed E-state index contributed by atoms with van der Waals surface area (Å²) in [4.78, 5) is 4.58. The second kappa shape index (κ2) is 10.1. The number of aliphatic imine (C=N–C) groups is 1. The van der Waals surface area contributed by atoms with Gasteiger partial charge in [-0.05, 0) is 70.2 Å². The third kappa shape index (κ3) is 5.46. The summed E-state index contributed by atoms with van der Waals surface area (Å²) in [6.45, 7) is 5.15. The molecule has 0 amide bonds. The van der Waals surface area contributed by atoms with E-state index in [9.17, 15) is 0 Å². The van der Waals surface area contributed by atoms with Crippen LogP contribution >= 0.6 is 15.9 Å². The van der Waals surface area contributed by atoms with Gasteiger partial charge >= 0.3 is 0 Å². The first kappa shape index (κ1) is 20.2. The number of nitrogens with zero attached hydrogens (tertiary/aromatic N) is 1. The summed E-state index contributed by atoms with van der Waals surface area (Å²) in [7, 11) is 0. The molecule has 0 aliphatic rings. The van der Waals surface area contributed by atoms with Crippen molar-refractivity contribution in [2.24, 2.45) is 4.99 Å². The molecule has 0 atom stereocenters. The molecular formula is C24H24BrNO2. The van der Waals surface area contributed by atoms with Crippen LogP contribution in [0.25, 0.3) is 0 Å². The fraction of sp³-hybridized carbons (Fsp3) is 0.208. The molecule has 144 valence electrons. The average molecular weight is 438 g/mol. The lowest BCUT2D eigenvalue weighted by molar-refractivity contribution is 0.267. The molecule has 0 saturated carbocycles. The number of hydrogen-bond acceptors (Lipinski definition) is 3. The van der Waals surface area contributed by atoms with E-state index in [1.54, 1.807) is 0 Å². The molecular weight excluding hydrogens is 414 g/mol. The van der Waals surface area contributed by atoms with Gasteiger partial charge in [0.05, 0.1) is 16.8 Å². The van der Waals surface area contributed by atoms with Crippen molar-refractivity contribution in [3.63, 3.8) is 0 Å². The third-order valence-corrected chi connectivity index (χ3v) is 4.85. The van der Waals surface area contributed by atoms with Gasteiger partial charge in [0.25, 0.3) is 0 Å². The van der Waals surface area contributed by atoms with Crippen molar-refractivity contribution in [2.75, 3.05) is 6.61 Å². The highest BCUT2D eigenvalue weighted by Gasteiger charge is 2.12. The van der Waals surface area contributed by atoms with E-state index in [1.807, 2.05) is 67.7 Å². The molecule has 0 aromatic heterocycles. The van der Waals surface area contributed by atoms with Gasteiger partial charge < -0.3 is 9.47 Å². The topological polar surface area (TPSA) is 30.8 Å². The second-order valence-electron chi connectivity index (χ2n) is 6.32. The summed E-state index contributed by atoms with van der Waals surface area (Å²) in [5, 5.41) is 0. The molecule has 0 spiro atoms. The van der Waals surface area contributed by atoms with E-state index >= 15 is 0 Å². The molecule has 28 heavy (non-hydrogen) atoms. The first-order valence-corrected chi connectivity index (χ1v) is 10.2. The Morgan fingerprint density at radius 1 is 0.893 bits per heavy atom. The summed E-state index contributed by atoms with van der Waals surface area (Å²) >= 11 is 3.62. The lowest BCUT2D eigenvalue weighted by Gasteiger charge is -2.14. The highest BCUT2D eigenvalue weighted by atomic mass is 79.9. The summed E-state index contributed by atoms with van der Waals surface area (Å²) in [6, 6.07) is 22.3. The Hall–Kier alpha value is -2.59. The van der Waals surface area contributed by atoms with Gasteiger partial charge in [0.15, 0.2) is 11.5 Å². The van der Waals surface area contributed by atoms with Crippen molar-refractivity contribution in [1.29, 1.82) is 0 Å². The van der Waals surface area contributed by atoms with Gasteiger partial charge in [-0.1, -0.05) is 49.4 Å². The van der Waals surface area contributed by atoms with Crippen molar-refractivity contribution in [3.05, 3.63) is 87.9 Å². The van der Waals surface area contributed by atoms with Crippen molar-refractivity contribution in [1.82, 2.24) is 0 Å². The second-order valence-corrected chi connectivity index (χ2v) is 7.17. The molecule has 3 nitrogen and oxygen atoms in total. The quantitative estimate of drug-likeness (QED) is 0.365. The molecule has 3 rings (SSSR count). The minimum absolute atomic E-state index is 0.483. The largest absolute Gasteiger partial charge is 0.490 e. The third-order valence-electron chi connectivity index (χ3n) is 4.26. The lowest BCUT2D eigenvalue weighted by atomic mass is 10.1. The highest BCUT2D eigenvalue weighted by molar-refractivity contribution is 9.10. The molecule has 0 radical (unpaired) electrons. The van der Waals surface area contributed by atoms with Gasteiger partial charge in [-0.2, -0.15) is 0 Å². The van der Waals surface area contributed by atoms with Crippen molar-refractivity contribution in [2.45, 2.75) is 26.9 Å². The van der Waals surface area contributed by atoms with Crippen LogP contribution in [0.3, 0.4) is 0 Å². The van der Waals surface area contributed by atoms with Crippen molar-refractivity contribution >= 4 is 27.8 Å². The van der Waals surface area contributed by atoms with Crippen LogP contribution in [-0.4, -0.2) is 12.8 Å². The Bertz CT molecular complexity index is 921. The zero-order valence-corrected chi connectivity index (χ0v) is 17.8. The molecule has 0 saturated heterocycles. The van der Waals surface area contributed by atoms with Crippen molar-refractivity contribution in [3.8, 4) is 11.5 Å². The Balaban J connectivity index is 1.80. The Morgan fingerprint density at radius 3 is 2.32 bits per heavy atom. The summed E-state index contributed by atoms with van der Waals surface area (Å²) in [5.41, 5.74) is 4.29. The van der Waals surface area contributed by atoms with Crippen LogP contribution in [0.5, 0.6) is 11.5 Å². The zero-order valence-electron chi connectivity index (χ0n) is 16.2. The first-order valence-electron chi connectivity index (χ1n) is 9.45. The van der Waals surface area contributed by atoms with Gasteiger partial charge in [-0.15, -0.1) is 0 Å². The maximum absolute atomic E-state index is 6.03. The van der Waals surface area contributed by atoms with E-state index in [1.165, 1.54) is 5.56 Å². The van der Waals surface area contributed by atoms with Gasteiger partial charge in [0, 0.05) is 6.21 Å². The molecule has 4 heteroatoms. The van der Waals surface area contributed by atoms with E-state index in [2.05, 4.69) is 40.0 Å². The molecule has 0 aliphatic heterocycles. The molecule has 0 unspecified atom stereocenters. The molecule has 3 aromatic carbocycles. The highest BCUT2D eigenvalue weighted by Crippen LogP contribution is 2.37. The standard InChI is InChI=1S/C24H24BrNO2/c1-3-18-10-12-21(13-11-18)26-16-20-14-22(25)24(23(15-20)27-4-2)28-17-19-8-6-5-7-9-19/h5-16H,3-4,17H2,1-2H3. The van der Waals surface area contributed by atoms with Gasteiger partial charge in [-0.25, -0.2) is 0 Å². The first-order chi connectivity index (χ1) is 13.7. The van der Waals surface area contributed by atoms with Gasteiger partial charge in [0.2, 0.25) is 0 Å². The number of hydrogen-bond donors (Lipinski definition) is 0. The summed E-state index contributed by atoms with van der Waals surface area (Å²) in [5.74, 6) is 1.41. The van der Waals surface area contributed by atoms with Crippen LogP contribution in [-0.2, 0) is 13.0 Å². The molecule has 0 N–H and O–H groups in total. The minimum atomic E-state index is 0.483.